The van der Waals surface area contributed by atoms with E-state index in [2.05, 4.69) is 27.7 Å². The first kappa shape index (κ1) is 14.8. The fourth-order valence-corrected chi connectivity index (χ4v) is 4.33. The van der Waals surface area contributed by atoms with Crippen LogP contribution >= 0.6 is 23.7 Å². The molecule has 2 aliphatic rings. The molecule has 0 aliphatic carbocycles. The quantitative estimate of drug-likeness (QED) is 0.873. The Balaban J connectivity index is 0.00000132. The zero-order chi connectivity index (χ0) is 13.5. The molecule has 2 atom stereocenters. The smallest absolute Gasteiger partial charge is 0.254 e. The molecule has 21 heavy (non-hydrogen) atoms. The highest BCUT2D eigenvalue weighted by molar-refractivity contribution is 7.17. The largest absolute Gasteiger partial charge is 0.331 e. The molecule has 2 aromatic rings. The van der Waals surface area contributed by atoms with Gasteiger partial charge in [0.1, 0.15) is 0 Å². The lowest BCUT2D eigenvalue weighted by Crippen LogP contribution is -2.42. The van der Waals surface area contributed by atoms with E-state index in [1.54, 1.807) is 11.3 Å². The first-order valence-corrected chi connectivity index (χ1v) is 8.21. The maximum Gasteiger partial charge on any atom is 0.254 e. The highest BCUT2D eigenvalue weighted by atomic mass is 35.5. The maximum absolute atomic E-state index is 12.9. The number of hydrogen-bond donors (Lipinski definition) is 1. The van der Waals surface area contributed by atoms with Crippen LogP contribution in [-0.2, 0) is 0 Å². The number of nitrogens with zero attached hydrogens (tertiary/aromatic N) is 1. The van der Waals surface area contributed by atoms with Gasteiger partial charge in [-0.1, -0.05) is 0 Å². The Morgan fingerprint density at radius 3 is 2.95 bits per heavy atom. The number of carbonyl (C=O) groups is 1. The number of benzene rings is 1. The van der Waals surface area contributed by atoms with Gasteiger partial charge in [-0.25, -0.2) is 0 Å². The Morgan fingerprint density at radius 2 is 2.05 bits per heavy atom. The SMILES string of the molecule is Cl.O=C(c1ccc2sccc2c1)N1C2CCNCC1CC2. The van der Waals surface area contributed by atoms with Gasteiger partial charge in [0, 0.05) is 28.9 Å². The lowest BCUT2D eigenvalue weighted by Gasteiger charge is -2.28. The minimum Gasteiger partial charge on any atom is -0.331 e. The summed E-state index contributed by atoms with van der Waals surface area (Å²) in [6.45, 7) is 1.98. The third-order valence-corrected chi connectivity index (χ3v) is 5.49. The highest BCUT2D eigenvalue weighted by Crippen LogP contribution is 2.30. The molecule has 1 amide bonds. The molecule has 3 heterocycles. The Bertz CT molecular complexity index is 643. The average molecular weight is 323 g/mol. The van der Waals surface area contributed by atoms with Gasteiger partial charge in [-0.05, 0) is 60.8 Å². The second-order valence-corrected chi connectivity index (χ2v) is 6.71. The van der Waals surface area contributed by atoms with Crippen LogP contribution in [0.4, 0.5) is 0 Å². The average Bonchev–Trinajstić information content (AvgIpc) is 3.00. The number of nitrogens with one attached hydrogen (secondary N) is 1. The van der Waals surface area contributed by atoms with E-state index in [4.69, 9.17) is 0 Å². The third-order valence-electron chi connectivity index (χ3n) is 4.59. The molecule has 4 rings (SSSR count). The fourth-order valence-electron chi connectivity index (χ4n) is 3.56. The molecule has 112 valence electrons. The second-order valence-electron chi connectivity index (χ2n) is 5.76. The number of fused-ring (bicyclic) bond motifs is 3. The van der Waals surface area contributed by atoms with E-state index in [1.165, 1.54) is 16.5 Å². The topological polar surface area (TPSA) is 32.3 Å². The predicted molar refractivity (Wildman–Crippen MR) is 89.5 cm³/mol. The molecular weight excluding hydrogens is 304 g/mol. The highest BCUT2D eigenvalue weighted by Gasteiger charge is 2.38. The molecule has 0 saturated carbocycles. The Hall–Kier alpha value is -1.10. The van der Waals surface area contributed by atoms with Crippen LogP contribution in [0.2, 0.25) is 0 Å². The molecule has 2 aliphatic heterocycles. The number of amides is 1. The van der Waals surface area contributed by atoms with Gasteiger partial charge in [0.25, 0.3) is 5.91 Å². The molecule has 2 bridgehead atoms. The molecule has 2 saturated heterocycles. The maximum atomic E-state index is 12.9. The van der Waals surface area contributed by atoms with Gasteiger partial charge >= 0.3 is 0 Å². The van der Waals surface area contributed by atoms with E-state index in [-0.39, 0.29) is 18.3 Å². The number of carbonyl (C=O) groups excluding carboxylic acids is 1. The molecule has 2 fully saturated rings. The first-order chi connectivity index (χ1) is 9.83. The number of halogens is 1. The van der Waals surface area contributed by atoms with Crippen LogP contribution in [-0.4, -0.2) is 36.0 Å². The molecule has 2 unspecified atom stereocenters. The van der Waals surface area contributed by atoms with Crippen molar-refractivity contribution in [3.8, 4) is 0 Å². The zero-order valence-corrected chi connectivity index (χ0v) is 13.4. The summed E-state index contributed by atoms with van der Waals surface area (Å²) in [5, 5.41) is 6.71. The molecule has 1 aromatic heterocycles. The number of thiophene rings is 1. The Morgan fingerprint density at radius 1 is 1.19 bits per heavy atom. The fraction of sp³-hybridized carbons (Fsp3) is 0.438. The molecule has 0 spiro atoms. The van der Waals surface area contributed by atoms with Crippen LogP contribution in [0.3, 0.4) is 0 Å². The minimum absolute atomic E-state index is 0. The summed E-state index contributed by atoms with van der Waals surface area (Å²) in [5.74, 6) is 0.217. The van der Waals surface area contributed by atoms with Crippen LogP contribution in [0.1, 0.15) is 29.6 Å². The normalized spacial score (nSPS) is 24.7. The van der Waals surface area contributed by atoms with Crippen molar-refractivity contribution in [2.75, 3.05) is 13.1 Å². The summed E-state index contributed by atoms with van der Waals surface area (Å²) in [4.78, 5) is 15.0. The molecule has 1 aromatic carbocycles. The van der Waals surface area contributed by atoms with Gasteiger partial charge < -0.3 is 10.2 Å². The van der Waals surface area contributed by atoms with Crippen LogP contribution in [0, 0.1) is 0 Å². The van der Waals surface area contributed by atoms with Crippen molar-refractivity contribution in [1.29, 1.82) is 0 Å². The Labute approximate surface area is 134 Å². The zero-order valence-electron chi connectivity index (χ0n) is 11.7. The van der Waals surface area contributed by atoms with Crippen molar-refractivity contribution < 1.29 is 4.79 Å². The van der Waals surface area contributed by atoms with E-state index in [0.717, 1.165) is 31.5 Å². The molecule has 1 N–H and O–H groups in total. The van der Waals surface area contributed by atoms with E-state index in [9.17, 15) is 4.79 Å². The third kappa shape index (κ3) is 2.56. The minimum atomic E-state index is 0. The number of rotatable bonds is 1. The van der Waals surface area contributed by atoms with E-state index >= 15 is 0 Å². The van der Waals surface area contributed by atoms with Crippen LogP contribution in [0.15, 0.2) is 29.6 Å². The molecule has 5 heteroatoms. The van der Waals surface area contributed by atoms with E-state index in [0.29, 0.717) is 12.1 Å². The predicted octanol–water partition coefficient (Wildman–Crippen LogP) is 3.29. The van der Waals surface area contributed by atoms with E-state index in [1.807, 2.05) is 12.1 Å². The summed E-state index contributed by atoms with van der Waals surface area (Å²) in [7, 11) is 0. The monoisotopic (exact) mass is 322 g/mol. The van der Waals surface area contributed by atoms with Crippen molar-refractivity contribution in [2.45, 2.75) is 31.3 Å². The second kappa shape index (κ2) is 5.95. The van der Waals surface area contributed by atoms with Gasteiger partial charge in [0.2, 0.25) is 0 Å². The van der Waals surface area contributed by atoms with Crippen LogP contribution < -0.4 is 5.32 Å². The van der Waals surface area contributed by atoms with Crippen LogP contribution in [0.5, 0.6) is 0 Å². The van der Waals surface area contributed by atoms with Crippen molar-refractivity contribution >= 4 is 39.7 Å². The van der Waals surface area contributed by atoms with Gasteiger partial charge in [-0.15, -0.1) is 23.7 Å². The summed E-state index contributed by atoms with van der Waals surface area (Å²) < 4.78 is 1.25. The lowest BCUT2D eigenvalue weighted by atomic mass is 10.1. The van der Waals surface area contributed by atoms with Crippen LogP contribution in [0.25, 0.3) is 10.1 Å². The van der Waals surface area contributed by atoms with Crippen molar-refractivity contribution in [1.82, 2.24) is 10.2 Å². The summed E-state index contributed by atoms with van der Waals surface area (Å²) in [6, 6.07) is 9.01. The summed E-state index contributed by atoms with van der Waals surface area (Å²) in [5.41, 5.74) is 0.842. The summed E-state index contributed by atoms with van der Waals surface area (Å²) in [6.07, 6.45) is 3.39. The van der Waals surface area contributed by atoms with Gasteiger partial charge in [-0.3, -0.25) is 4.79 Å². The summed E-state index contributed by atoms with van der Waals surface area (Å²) >= 11 is 1.73. The van der Waals surface area contributed by atoms with Crippen molar-refractivity contribution in [3.63, 3.8) is 0 Å². The molecule has 3 nitrogen and oxygen atoms in total. The molecule has 0 radical (unpaired) electrons. The van der Waals surface area contributed by atoms with Gasteiger partial charge in [0.05, 0.1) is 0 Å². The Kier molecular flexibility index (Phi) is 4.20. The van der Waals surface area contributed by atoms with E-state index < -0.39 is 0 Å². The first-order valence-electron chi connectivity index (χ1n) is 7.33. The van der Waals surface area contributed by atoms with Crippen molar-refractivity contribution in [3.05, 3.63) is 35.2 Å². The standard InChI is InChI=1S/C16H18N2OS.ClH/c19-16(12-1-4-15-11(9-12)6-8-20-15)18-13-2-3-14(18)10-17-7-5-13;/h1,4,6,8-9,13-14,17H,2-3,5,7,10H2;1H. The van der Waals surface area contributed by atoms with Crippen molar-refractivity contribution in [2.24, 2.45) is 0 Å². The number of hydrogen-bond acceptors (Lipinski definition) is 3. The molecular formula is C16H19ClN2OS. The van der Waals surface area contributed by atoms with Gasteiger partial charge in [0.15, 0.2) is 0 Å². The lowest BCUT2D eigenvalue weighted by molar-refractivity contribution is 0.0680. The van der Waals surface area contributed by atoms with Gasteiger partial charge in [-0.2, -0.15) is 0 Å².